The lowest BCUT2D eigenvalue weighted by Gasteiger charge is -2.42. The van der Waals surface area contributed by atoms with E-state index in [0.29, 0.717) is 5.56 Å². The van der Waals surface area contributed by atoms with Gasteiger partial charge in [-0.2, -0.15) is 0 Å². The summed E-state index contributed by atoms with van der Waals surface area (Å²) in [5.74, 6) is 0.0386. The van der Waals surface area contributed by atoms with E-state index in [9.17, 15) is 4.79 Å². The molecular formula is C31H28N2O. The number of hydrogen-bond acceptors (Lipinski definition) is 2. The molecule has 0 N–H and O–H groups in total. The van der Waals surface area contributed by atoms with E-state index in [-0.39, 0.29) is 18.0 Å². The van der Waals surface area contributed by atoms with E-state index < -0.39 is 0 Å². The molecule has 0 bridgehead atoms. The Morgan fingerprint density at radius 3 is 2.09 bits per heavy atom. The van der Waals surface area contributed by atoms with Crippen LogP contribution in [0.1, 0.15) is 52.5 Å². The third-order valence-corrected chi connectivity index (χ3v) is 6.61. The third-order valence-electron chi connectivity index (χ3n) is 6.61. The number of pyridine rings is 1. The van der Waals surface area contributed by atoms with E-state index in [0.717, 1.165) is 34.4 Å². The van der Waals surface area contributed by atoms with Crippen LogP contribution in [0.5, 0.6) is 0 Å². The third kappa shape index (κ3) is 4.17. The van der Waals surface area contributed by atoms with Gasteiger partial charge in [0.1, 0.15) is 0 Å². The van der Waals surface area contributed by atoms with E-state index in [4.69, 9.17) is 4.98 Å². The first kappa shape index (κ1) is 21.8. The molecule has 0 unspecified atom stereocenters. The van der Waals surface area contributed by atoms with Gasteiger partial charge in [-0.25, -0.2) is 0 Å². The highest BCUT2D eigenvalue weighted by Crippen LogP contribution is 2.43. The molecule has 2 heterocycles. The number of benzene rings is 3. The molecule has 1 aliphatic rings. The van der Waals surface area contributed by atoms with Crippen molar-refractivity contribution in [3.05, 3.63) is 137 Å². The van der Waals surface area contributed by atoms with E-state index in [1.165, 1.54) is 5.57 Å². The molecule has 0 fully saturated rings. The van der Waals surface area contributed by atoms with Crippen molar-refractivity contribution in [1.29, 1.82) is 0 Å². The minimum atomic E-state index is -0.123. The molecular weight excluding hydrogens is 416 g/mol. The van der Waals surface area contributed by atoms with Crippen molar-refractivity contribution in [3.8, 4) is 11.3 Å². The Hall–Kier alpha value is -3.98. The summed E-state index contributed by atoms with van der Waals surface area (Å²) in [6, 6.07) is 32.1. The van der Waals surface area contributed by atoms with Crippen LogP contribution in [0, 0.1) is 6.92 Å². The highest BCUT2D eigenvalue weighted by atomic mass is 16.2. The summed E-state index contributed by atoms with van der Waals surface area (Å²) in [6.45, 7) is 4.22. The molecule has 34 heavy (non-hydrogen) atoms. The minimum absolute atomic E-state index is 0.0386. The van der Waals surface area contributed by atoms with Gasteiger partial charge in [0.25, 0.3) is 5.91 Å². The number of nitrogens with zero attached hydrogens (tertiary/aromatic N) is 2. The fourth-order valence-electron chi connectivity index (χ4n) is 4.94. The number of aromatic nitrogens is 1. The normalized spacial score (nSPS) is 17.8. The number of amides is 1. The summed E-state index contributed by atoms with van der Waals surface area (Å²) < 4.78 is 0. The first-order chi connectivity index (χ1) is 16.6. The topological polar surface area (TPSA) is 33.2 Å². The molecule has 3 nitrogen and oxygen atoms in total. The zero-order chi connectivity index (χ0) is 23.5. The van der Waals surface area contributed by atoms with Crippen LogP contribution in [0.4, 0.5) is 0 Å². The monoisotopic (exact) mass is 444 g/mol. The van der Waals surface area contributed by atoms with Gasteiger partial charge in [0.05, 0.1) is 17.8 Å². The maximum Gasteiger partial charge on any atom is 0.255 e. The Morgan fingerprint density at radius 1 is 0.824 bits per heavy atom. The van der Waals surface area contributed by atoms with Gasteiger partial charge in [0.2, 0.25) is 0 Å². The van der Waals surface area contributed by atoms with Gasteiger partial charge < -0.3 is 4.90 Å². The molecule has 3 aromatic carbocycles. The summed E-state index contributed by atoms with van der Waals surface area (Å²) >= 11 is 0. The van der Waals surface area contributed by atoms with Crippen molar-refractivity contribution in [3.63, 3.8) is 0 Å². The van der Waals surface area contributed by atoms with Crippen LogP contribution in [0.2, 0.25) is 0 Å². The van der Waals surface area contributed by atoms with Crippen LogP contribution in [0.15, 0.2) is 115 Å². The lowest BCUT2D eigenvalue weighted by atomic mass is 9.87. The van der Waals surface area contributed by atoms with Gasteiger partial charge in [0, 0.05) is 17.3 Å². The SMILES string of the molecule is CC1=CC[C@H](c2cnc(-c3ccccc3)c(C)c2)N(C(=O)c2ccccc2)[C@@H]1c1ccccc1. The Labute approximate surface area is 201 Å². The van der Waals surface area contributed by atoms with E-state index in [2.05, 4.69) is 55.2 Å². The lowest BCUT2D eigenvalue weighted by Crippen LogP contribution is -2.40. The number of carbonyl (C=O) groups is 1. The smallest absolute Gasteiger partial charge is 0.255 e. The van der Waals surface area contributed by atoms with Gasteiger partial charge >= 0.3 is 0 Å². The number of carbonyl (C=O) groups excluding carboxylic acids is 1. The molecule has 0 spiro atoms. The molecule has 2 atom stereocenters. The highest BCUT2D eigenvalue weighted by Gasteiger charge is 2.37. The second-order valence-electron chi connectivity index (χ2n) is 8.89. The summed E-state index contributed by atoms with van der Waals surface area (Å²) in [5, 5.41) is 0. The van der Waals surface area contributed by atoms with Crippen LogP contribution in [0.3, 0.4) is 0 Å². The molecule has 0 aliphatic carbocycles. The molecule has 0 saturated carbocycles. The quantitative estimate of drug-likeness (QED) is 0.309. The fraction of sp³-hybridized carbons (Fsp3) is 0.161. The van der Waals surface area contributed by atoms with E-state index in [1.54, 1.807) is 0 Å². The van der Waals surface area contributed by atoms with Crippen molar-refractivity contribution < 1.29 is 4.79 Å². The van der Waals surface area contributed by atoms with Crippen molar-refractivity contribution in [1.82, 2.24) is 9.88 Å². The molecule has 0 radical (unpaired) electrons. The Kier molecular flexibility index (Phi) is 6.09. The number of hydrogen-bond donors (Lipinski definition) is 0. The van der Waals surface area contributed by atoms with Crippen LogP contribution < -0.4 is 0 Å². The second kappa shape index (κ2) is 9.48. The predicted octanol–water partition coefficient (Wildman–Crippen LogP) is 7.33. The number of rotatable bonds is 4. The minimum Gasteiger partial charge on any atom is -0.320 e. The summed E-state index contributed by atoms with van der Waals surface area (Å²) in [7, 11) is 0. The average Bonchev–Trinajstić information content (AvgIpc) is 2.89. The molecule has 3 heteroatoms. The van der Waals surface area contributed by atoms with Crippen molar-refractivity contribution >= 4 is 5.91 Å². The van der Waals surface area contributed by atoms with Crippen LogP contribution in [-0.2, 0) is 0 Å². The van der Waals surface area contributed by atoms with Gasteiger partial charge in [0.15, 0.2) is 0 Å². The maximum absolute atomic E-state index is 14.0. The van der Waals surface area contributed by atoms with Gasteiger partial charge in [-0.3, -0.25) is 9.78 Å². The highest BCUT2D eigenvalue weighted by molar-refractivity contribution is 5.95. The van der Waals surface area contributed by atoms with Crippen LogP contribution in [-0.4, -0.2) is 15.8 Å². The predicted molar refractivity (Wildman–Crippen MR) is 137 cm³/mol. The number of aryl methyl sites for hydroxylation is 1. The summed E-state index contributed by atoms with van der Waals surface area (Å²) in [6.07, 6.45) is 4.99. The zero-order valence-corrected chi connectivity index (χ0v) is 19.6. The molecule has 0 saturated heterocycles. The standard InChI is InChI=1S/C31H28N2O/c1-22-18-19-28(27-20-23(2)29(32-21-27)24-12-6-3-7-13-24)33(30(22)25-14-8-4-9-15-25)31(34)26-16-10-5-11-17-26/h3-18,20-21,28,30H,19H2,1-2H3/t28-,30+/m1/s1. The van der Waals surface area contributed by atoms with E-state index >= 15 is 0 Å². The zero-order valence-electron chi connectivity index (χ0n) is 19.6. The summed E-state index contributed by atoms with van der Waals surface area (Å²) in [4.78, 5) is 20.9. The fourth-order valence-corrected chi connectivity index (χ4v) is 4.94. The van der Waals surface area contributed by atoms with E-state index in [1.807, 2.05) is 72.9 Å². The molecule has 1 aromatic heterocycles. The van der Waals surface area contributed by atoms with Gasteiger partial charge in [-0.1, -0.05) is 96.6 Å². The molecule has 5 rings (SSSR count). The first-order valence-corrected chi connectivity index (χ1v) is 11.7. The van der Waals surface area contributed by atoms with Crippen LogP contribution in [0.25, 0.3) is 11.3 Å². The molecule has 1 aliphatic heterocycles. The van der Waals surface area contributed by atoms with Crippen LogP contribution >= 0.6 is 0 Å². The summed E-state index contributed by atoms with van der Waals surface area (Å²) in [5.41, 5.74) is 7.27. The average molecular weight is 445 g/mol. The maximum atomic E-state index is 14.0. The Bertz CT molecular complexity index is 1310. The molecule has 168 valence electrons. The second-order valence-corrected chi connectivity index (χ2v) is 8.89. The lowest BCUT2D eigenvalue weighted by molar-refractivity contribution is 0.0582. The van der Waals surface area contributed by atoms with Gasteiger partial charge in [-0.05, 0) is 49.1 Å². The Balaban J connectivity index is 1.60. The first-order valence-electron chi connectivity index (χ1n) is 11.7. The molecule has 1 amide bonds. The Morgan fingerprint density at radius 2 is 1.44 bits per heavy atom. The van der Waals surface area contributed by atoms with Crippen molar-refractivity contribution in [2.24, 2.45) is 0 Å². The van der Waals surface area contributed by atoms with Crippen molar-refractivity contribution in [2.45, 2.75) is 32.4 Å². The molecule has 4 aromatic rings. The van der Waals surface area contributed by atoms with Crippen molar-refractivity contribution in [2.75, 3.05) is 0 Å². The van der Waals surface area contributed by atoms with Gasteiger partial charge in [-0.15, -0.1) is 0 Å². The largest absolute Gasteiger partial charge is 0.320 e.